The molecule has 6 heterocycles. The number of benzene rings is 4. The van der Waals surface area contributed by atoms with E-state index in [1.54, 1.807) is 12.1 Å². The van der Waals surface area contributed by atoms with Crippen molar-refractivity contribution in [2.75, 3.05) is 43.7 Å². The number of ether oxygens (including phenoxy) is 2. The van der Waals surface area contributed by atoms with E-state index in [-0.39, 0.29) is 38.6 Å². The van der Waals surface area contributed by atoms with Crippen LogP contribution in [0.25, 0.3) is 21.8 Å². The van der Waals surface area contributed by atoms with Crippen molar-refractivity contribution in [1.82, 2.24) is 29.7 Å². The number of nitro groups is 1. The summed E-state index contributed by atoms with van der Waals surface area (Å²) in [7, 11) is 4.35. The number of nitrogens with one attached hydrogen (secondary N) is 2. The van der Waals surface area contributed by atoms with Gasteiger partial charge in [-0.15, -0.1) is 0 Å². The Labute approximate surface area is 382 Å². The Kier molecular flexibility index (Phi) is 13.1. The molecule has 4 aromatic carbocycles. The largest absolute Gasteiger partial charge is 0.491 e. The number of nitrogen functional groups attached to an aromatic ring is 1. The Morgan fingerprint density at radius 2 is 1.21 bits per heavy atom. The minimum atomic E-state index is -0.538. The van der Waals surface area contributed by atoms with Gasteiger partial charge in [-0.05, 0) is 95.1 Å². The monoisotopic (exact) mass is 940 g/mol. The van der Waals surface area contributed by atoms with Crippen LogP contribution < -0.4 is 25.8 Å². The molecule has 0 amide bonds. The van der Waals surface area contributed by atoms with Gasteiger partial charge in [0.2, 0.25) is 0 Å². The first-order chi connectivity index (χ1) is 29.9. The molecule has 6 aromatic rings. The van der Waals surface area contributed by atoms with E-state index in [0.29, 0.717) is 94.6 Å². The third-order valence-corrected chi connectivity index (χ3v) is 13.6. The van der Waals surface area contributed by atoms with E-state index < -0.39 is 16.6 Å². The SMILES string of the molecule is CN1C2CCC1C(COc1cc3ncnc(Nc4ccc(F)c(Cl)c4)c3cc1N)C2.CN1C2CCC1C(COc1cc3ncnc(Nc4ccc(F)c(Cl)c4)c3cc1[N+](=O)[O-])C2.[Fe]. The van der Waals surface area contributed by atoms with Crippen LogP contribution in [0.3, 0.4) is 0 Å². The molecule has 4 fully saturated rings. The molecule has 0 spiro atoms. The van der Waals surface area contributed by atoms with Crippen LogP contribution in [-0.2, 0) is 17.1 Å². The molecule has 0 aliphatic carbocycles. The second-order valence-electron chi connectivity index (χ2n) is 16.5. The summed E-state index contributed by atoms with van der Waals surface area (Å²) >= 11 is 11.7. The number of anilines is 5. The zero-order chi connectivity index (χ0) is 43.2. The summed E-state index contributed by atoms with van der Waals surface area (Å²) in [5.41, 5.74) is 9.02. The van der Waals surface area contributed by atoms with Crippen LogP contribution in [0.15, 0.2) is 73.3 Å². The average Bonchev–Trinajstić information content (AvgIpc) is 3.99. The van der Waals surface area contributed by atoms with Gasteiger partial charge in [0.1, 0.15) is 41.7 Å². The van der Waals surface area contributed by atoms with Crippen molar-refractivity contribution in [1.29, 1.82) is 0 Å². The molecule has 4 saturated heterocycles. The molecule has 4 bridgehead atoms. The molecule has 0 radical (unpaired) electrons. The number of halogens is 4. The number of hydrogen-bond acceptors (Lipinski definition) is 13. The summed E-state index contributed by atoms with van der Waals surface area (Å²) in [6.45, 7) is 1.09. The van der Waals surface area contributed by atoms with Crippen LogP contribution in [0.1, 0.15) is 38.5 Å². The van der Waals surface area contributed by atoms with E-state index in [9.17, 15) is 18.9 Å². The van der Waals surface area contributed by atoms with Gasteiger partial charge in [-0.3, -0.25) is 10.1 Å². The smallest absolute Gasteiger partial charge is 0.311 e. The van der Waals surface area contributed by atoms with Gasteiger partial charge in [-0.2, -0.15) is 0 Å². The molecule has 63 heavy (non-hydrogen) atoms. The maximum Gasteiger partial charge on any atom is 0.311 e. The minimum Gasteiger partial charge on any atom is -0.491 e. The molecular formula is C44H44Cl2F2FeN10O4. The van der Waals surface area contributed by atoms with Crippen LogP contribution in [0.2, 0.25) is 10.0 Å². The van der Waals surface area contributed by atoms with Crippen molar-refractivity contribution < 1.29 is 40.2 Å². The molecule has 330 valence electrons. The van der Waals surface area contributed by atoms with Crippen LogP contribution in [0.5, 0.6) is 11.5 Å². The zero-order valence-corrected chi connectivity index (χ0v) is 36.9. The Balaban J connectivity index is 0.000000170. The minimum absolute atomic E-state index is 0. The third kappa shape index (κ3) is 9.13. The van der Waals surface area contributed by atoms with E-state index >= 15 is 0 Å². The van der Waals surface area contributed by atoms with E-state index in [0.717, 1.165) is 23.7 Å². The number of hydrogen-bond donors (Lipinski definition) is 3. The molecule has 0 saturated carbocycles. The van der Waals surface area contributed by atoms with Gasteiger partial charge in [0.05, 0.1) is 50.3 Å². The fourth-order valence-electron chi connectivity index (χ4n) is 9.73. The number of fused-ring (bicyclic) bond motifs is 6. The molecule has 4 aliphatic rings. The predicted molar refractivity (Wildman–Crippen MR) is 236 cm³/mol. The van der Waals surface area contributed by atoms with Gasteiger partial charge >= 0.3 is 5.69 Å². The second kappa shape index (κ2) is 18.5. The van der Waals surface area contributed by atoms with Crippen LogP contribution in [0, 0.1) is 33.6 Å². The summed E-state index contributed by atoms with van der Waals surface area (Å²) in [6.07, 6.45) is 9.96. The topological polar surface area (TPSA) is 170 Å². The fourth-order valence-corrected chi connectivity index (χ4v) is 10.1. The summed E-state index contributed by atoms with van der Waals surface area (Å²) in [4.78, 5) is 33.3. The Bertz CT molecular complexity index is 2690. The molecule has 6 unspecified atom stereocenters. The Morgan fingerprint density at radius 3 is 1.65 bits per heavy atom. The quantitative estimate of drug-likeness (QED) is 0.0486. The van der Waals surface area contributed by atoms with Crippen molar-refractivity contribution >= 4 is 79.4 Å². The number of nitro benzene ring substituents is 1. The molecule has 4 aliphatic heterocycles. The molecule has 4 N–H and O–H groups in total. The third-order valence-electron chi connectivity index (χ3n) is 13.0. The molecule has 6 atom stereocenters. The van der Waals surface area contributed by atoms with Gasteiger partial charge in [0.15, 0.2) is 5.75 Å². The van der Waals surface area contributed by atoms with Crippen molar-refractivity contribution in [3.63, 3.8) is 0 Å². The summed E-state index contributed by atoms with van der Waals surface area (Å²) < 4.78 is 39.0. The van der Waals surface area contributed by atoms with E-state index in [2.05, 4.69) is 54.5 Å². The van der Waals surface area contributed by atoms with E-state index in [1.165, 1.54) is 74.7 Å². The summed E-state index contributed by atoms with van der Waals surface area (Å²) in [5.74, 6) is 1.64. The molecule has 2 aromatic heterocycles. The predicted octanol–water partition coefficient (Wildman–Crippen LogP) is 9.54. The van der Waals surface area contributed by atoms with Crippen LogP contribution >= 0.6 is 23.2 Å². The Morgan fingerprint density at radius 1 is 0.730 bits per heavy atom. The molecule has 14 nitrogen and oxygen atoms in total. The molecular weight excluding hydrogens is 897 g/mol. The average molecular weight is 942 g/mol. The fraction of sp³-hybridized carbons (Fsp3) is 0.364. The number of nitrogens with zero attached hydrogens (tertiary/aromatic N) is 7. The normalized spacial score (nSPS) is 22.4. The first-order valence-electron chi connectivity index (χ1n) is 20.5. The van der Waals surface area contributed by atoms with Gasteiger partial charge in [0.25, 0.3) is 0 Å². The molecule has 10 rings (SSSR count). The second-order valence-corrected chi connectivity index (χ2v) is 17.3. The first kappa shape index (κ1) is 44.4. The van der Waals surface area contributed by atoms with Gasteiger partial charge in [-0.25, -0.2) is 28.7 Å². The van der Waals surface area contributed by atoms with Gasteiger partial charge in [-0.1, -0.05) is 23.2 Å². The zero-order valence-electron chi connectivity index (χ0n) is 34.3. The summed E-state index contributed by atoms with van der Waals surface area (Å²) in [5, 5.41) is 19.2. The molecule has 19 heteroatoms. The number of nitrogens with two attached hydrogens (primary N) is 1. The van der Waals surface area contributed by atoms with Gasteiger partial charge in [0, 0.05) is 88.0 Å². The van der Waals surface area contributed by atoms with Crippen LogP contribution in [-0.4, -0.2) is 86.1 Å². The van der Waals surface area contributed by atoms with Crippen molar-refractivity contribution in [3.8, 4) is 11.5 Å². The van der Waals surface area contributed by atoms with Gasteiger partial charge < -0.3 is 35.6 Å². The van der Waals surface area contributed by atoms with Crippen molar-refractivity contribution in [2.24, 2.45) is 11.8 Å². The first-order valence-corrected chi connectivity index (χ1v) is 21.3. The van der Waals surface area contributed by atoms with Crippen molar-refractivity contribution in [2.45, 2.75) is 62.7 Å². The van der Waals surface area contributed by atoms with E-state index in [4.69, 9.17) is 38.4 Å². The summed E-state index contributed by atoms with van der Waals surface area (Å²) in [6, 6.07) is 17.6. The number of rotatable bonds is 11. The van der Waals surface area contributed by atoms with Crippen molar-refractivity contribution in [3.05, 3.63) is 105 Å². The maximum absolute atomic E-state index is 13.5. The van der Waals surface area contributed by atoms with Crippen LogP contribution in [0.4, 0.5) is 43.2 Å². The Hall–Kier alpha value is -5.16. The van der Waals surface area contributed by atoms with E-state index in [1.807, 2.05) is 12.1 Å². The standard InChI is InChI=1S/C22H21ClFN5O3.C22H23ClFN5O.Fe/c1-28-14-3-5-19(28)12(6-14)10-32-21-9-18-15(8-20(21)29(30)31)22(26-11-25-18)27-13-2-4-17(24)16(23)7-13;1-29-14-3-5-20(29)12(6-14)10-30-21-9-19-15(8-18(21)25)22(27-11-26-19)28-13-2-4-17(24)16(23)7-13;/h2,4,7-9,11-12,14,19H,3,5-6,10H2,1H3,(H,25,26,27);2,4,7-9,11-12,14,20H,3,5-6,10,25H2,1H3,(H,26,27,28);. The number of aromatic nitrogens is 4. The maximum atomic E-state index is 13.5.